The number of phenolic OH excluding ortho intramolecular Hbond substituents is 1. The van der Waals surface area contributed by atoms with Gasteiger partial charge in [-0.3, -0.25) is 25.8 Å². The van der Waals surface area contributed by atoms with Crippen LogP contribution in [0.5, 0.6) is 5.75 Å². The van der Waals surface area contributed by atoms with Gasteiger partial charge in [0.25, 0.3) is 0 Å². The van der Waals surface area contributed by atoms with E-state index in [9.17, 15) is 5.11 Å². The number of ether oxygens (including phenoxy) is 1. The zero-order chi connectivity index (χ0) is 51.6. The summed E-state index contributed by atoms with van der Waals surface area (Å²) in [5, 5.41) is 20.4. The molecule has 3 fully saturated rings. The summed E-state index contributed by atoms with van der Waals surface area (Å²) < 4.78 is 6.64. The Morgan fingerprint density at radius 2 is 1.75 bits per heavy atom. The minimum atomic E-state index is -0.0665. The van der Waals surface area contributed by atoms with Crippen LogP contribution in [-0.4, -0.2) is 117 Å². The molecule has 0 spiro atoms. The highest BCUT2D eigenvalue weighted by Crippen LogP contribution is 2.36. The van der Waals surface area contributed by atoms with Crippen molar-refractivity contribution in [2.75, 3.05) is 64.8 Å². The molecule has 5 unspecified atom stereocenters. The van der Waals surface area contributed by atoms with Crippen LogP contribution >= 0.6 is 0 Å². The van der Waals surface area contributed by atoms with Crippen LogP contribution in [0.4, 0.5) is 5.69 Å². The molecule has 14 nitrogen and oxygen atoms in total. The molecule has 3 heterocycles. The summed E-state index contributed by atoms with van der Waals surface area (Å²) >= 11 is 0. The van der Waals surface area contributed by atoms with Gasteiger partial charge in [-0.05, 0) is 158 Å². The van der Waals surface area contributed by atoms with Crippen molar-refractivity contribution in [1.82, 2.24) is 31.0 Å². The second kappa shape index (κ2) is 28.2. The molecule has 14 heteroatoms. The predicted octanol–water partition coefficient (Wildman–Crippen LogP) is 8.53. The smallest absolute Gasteiger partial charge is 0.124 e. The third kappa shape index (κ3) is 15.8. The van der Waals surface area contributed by atoms with Gasteiger partial charge in [0.05, 0.1) is 17.9 Å². The van der Waals surface area contributed by atoms with E-state index in [-0.39, 0.29) is 23.6 Å². The largest absolute Gasteiger partial charge is 0.507 e. The van der Waals surface area contributed by atoms with Crippen LogP contribution < -0.4 is 32.7 Å². The van der Waals surface area contributed by atoms with E-state index in [0.717, 1.165) is 113 Å². The number of para-hydroxylation sites is 1. The minimum Gasteiger partial charge on any atom is -0.507 e. The Morgan fingerprint density at radius 3 is 2.43 bits per heavy atom. The highest BCUT2D eigenvalue weighted by Gasteiger charge is 2.35. The van der Waals surface area contributed by atoms with E-state index in [1.165, 1.54) is 18.4 Å². The van der Waals surface area contributed by atoms with Gasteiger partial charge in [-0.2, -0.15) is 11.0 Å². The standard InChI is InChI=1S/C58H89N11O3/c1-10-68(34-30-62-8)48-24-22-47(23-25-48)44(6)55-17-14-31-69(55)40-53(41(2)3)57(72-60)19-13-15-45(26-29-61-7)39-67-32-27-49(28-33-67)71-50-35-46(36-50)21-20-43(5)66(9)63-38-42(4)52-37-54(64-65-58(52)59)51-16-11-12-18-56(51)70/h11-12,16,18-19,22-25,30,34,37-38,41-46,49-50,53,55,61,64-65,70H,8,10,13-15,17,26-29,31-33,35-36,39-40,59-60H2,1-7,9H3/b34-30-,57-19-,63-38-/t42?,43-,44?,45?,46?,50?,53?,55?/m1/s1. The summed E-state index contributed by atoms with van der Waals surface area (Å²) in [4.78, 5) is 17.2. The average molecular weight is 988 g/mol. The fraction of sp³-hybridized carbons (Fsp3) is 0.586. The Balaban J connectivity index is 0.918. The van der Waals surface area contributed by atoms with Crippen LogP contribution in [0, 0.1) is 41.4 Å². The molecule has 4 aliphatic rings. The van der Waals surface area contributed by atoms with Crippen molar-refractivity contribution in [1.29, 1.82) is 0 Å². The molecule has 1 aliphatic carbocycles. The van der Waals surface area contributed by atoms with Gasteiger partial charge in [-0.1, -0.05) is 63.8 Å². The van der Waals surface area contributed by atoms with Crippen molar-refractivity contribution in [3.8, 4) is 17.6 Å². The molecular formula is C58H89N11O3. The number of hydrogen-bond donors (Lipinski definition) is 6. The number of nitrogens with two attached hydrogens (primary N) is 2. The van der Waals surface area contributed by atoms with E-state index in [1.54, 1.807) is 18.3 Å². The highest BCUT2D eigenvalue weighted by molar-refractivity contribution is 5.75. The van der Waals surface area contributed by atoms with Gasteiger partial charge in [-0.25, -0.2) is 0 Å². The Morgan fingerprint density at radius 1 is 1.00 bits per heavy atom. The number of aromatic hydroxyl groups is 1. The van der Waals surface area contributed by atoms with Crippen LogP contribution in [-0.2, 0) is 9.57 Å². The Bertz CT molecular complexity index is 2220. The number of nitrogens with one attached hydrogen (secondary N) is 3. The van der Waals surface area contributed by atoms with Crippen molar-refractivity contribution in [2.24, 2.45) is 51.3 Å². The van der Waals surface area contributed by atoms with Crippen LogP contribution in [0.25, 0.3) is 5.70 Å². The highest BCUT2D eigenvalue weighted by atomic mass is 16.6. The number of hydrogen-bond acceptors (Lipinski definition) is 14. The number of anilines is 1. The first kappa shape index (κ1) is 56.0. The van der Waals surface area contributed by atoms with Crippen molar-refractivity contribution >= 4 is 24.3 Å². The predicted molar refractivity (Wildman–Crippen MR) is 297 cm³/mol. The summed E-state index contributed by atoms with van der Waals surface area (Å²) in [5.41, 5.74) is 17.3. The fourth-order valence-electron chi connectivity index (χ4n) is 10.7. The van der Waals surface area contributed by atoms with E-state index >= 15 is 0 Å². The van der Waals surface area contributed by atoms with Crippen LogP contribution in [0.2, 0.25) is 0 Å². The van der Waals surface area contributed by atoms with Gasteiger partial charge in [0.2, 0.25) is 0 Å². The summed E-state index contributed by atoms with van der Waals surface area (Å²) in [7, 11) is 4.01. The first-order valence-electron chi connectivity index (χ1n) is 26.9. The molecule has 2 saturated heterocycles. The number of nitrogens with zero attached hydrogens (tertiary/aromatic N) is 6. The van der Waals surface area contributed by atoms with Crippen molar-refractivity contribution in [3.05, 3.63) is 101 Å². The minimum absolute atomic E-state index is 0.0383. The summed E-state index contributed by atoms with van der Waals surface area (Å²) in [5.74, 6) is 16.6. The maximum Gasteiger partial charge on any atom is 0.124 e. The molecule has 8 N–H and O–H groups in total. The average Bonchev–Trinajstić information content (AvgIpc) is 3.85. The monoisotopic (exact) mass is 988 g/mol. The third-order valence-corrected chi connectivity index (χ3v) is 15.6. The molecular weight excluding hydrogens is 899 g/mol. The second-order valence-corrected chi connectivity index (χ2v) is 21.0. The number of hydrazone groups is 1. The van der Waals surface area contributed by atoms with Crippen molar-refractivity contribution in [2.45, 2.75) is 130 Å². The maximum absolute atomic E-state index is 10.4. The van der Waals surface area contributed by atoms with Gasteiger partial charge in [-0.15, -0.1) is 0 Å². The molecule has 0 radical (unpaired) electrons. The van der Waals surface area contributed by atoms with E-state index in [0.29, 0.717) is 53.3 Å². The molecule has 2 aromatic rings. The molecule has 72 heavy (non-hydrogen) atoms. The van der Waals surface area contributed by atoms with Gasteiger partial charge >= 0.3 is 0 Å². The number of hydrazine groups is 1. The van der Waals surface area contributed by atoms with Gasteiger partial charge in [0.1, 0.15) is 23.4 Å². The number of piperidine rings is 1. The maximum atomic E-state index is 10.4. The Labute approximate surface area is 433 Å². The molecule has 394 valence electrons. The third-order valence-electron chi connectivity index (χ3n) is 15.6. The quantitative estimate of drug-likeness (QED) is 0.0231. The van der Waals surface area contributed by atoms with E-state index < -0.39 is 0 Å². The van der Waals surface area contributed by atoms with Gasteiger partial charge < -0.3 is 35.5 Å². The number of phenols is 1. The van der Waals surface area contributed by atoms with Gasteiger partial charge in [0, 0.05) is 99.0 Å². The van der Waals surface area contributed by atoms with Crippen molar-refractivity contribution in [3.63, 3.8) is 0 Å². The summed E-state index contributed by atoms with van der Waals surface area (Å²) in [6, 6.07) is 16.7. The number of benzene rings is 2. The SMILES string of the molecule is C=N/C=C\N(CC)c1ccc(C(C)C2CCCN2CC(/C(=C/CCC(CCNC)CN2CCC(OC3CC(C#C[C@@H](C)N(C)/N=C\C(C)C4=C(N)NNC(c5ccccc5O)=C4)C3)CC2)ON)C(C)C)cc1. The second-order valence-electron chi connectivity index (χ2n) is 21.0. The van der Waals surface area contributed by atoms with Crippen LogP contribution in [0.3, 0.4) is 0 Å². The number of rotatable bonds is 26. The lowest BCUT2D eigenvalue weighted by Crippen LogP contribution is -2.43. The molecule has 3 aliphatic heterocycles. The molecule has 0 bridgehead atoms. The summed E-state index contributed by atoms with van der Waals surface area (Å²) in [6.45, 7) is 24.1. The fourth-order valence-corrected chi connectivity index (χ4v) is 10.7. The van der Waals surface area contributed by atoms with Crippen molar-refractivity contribution < 1.29 is 14.7 Å². The van der Waals surface area contributed by atoms with E-state index in [4.69, 9.17) is 26.3 Å². The van der Waals surface area contributed by atoms with Crippen LogP contribution in [0.1, 0.15) is 116 Å². The van der Waals surface area contributed by atoms with Crippen LogP contribution in [0.15, 0.2) is 100 Å². The molecule has 2 aromatic carbocycles. The van der Waals surface area contributed by atoms with E-state index in [2.05, 4.69) is 133 Å². The van der Waals surface area contributed by atoms with E-state index in [1.807, 2.05) is 42.7 Å². The van der Waals surface area contributed by atoms with Gasteiger partial charge in [0.15, 0.2) is 0 Å². The first-order chi connectivity index (χ1) is 34.8. The lowest BCUT2D eigenvalue weighted by molar-refractivity contribution is -0.0855. The number of likely N-dealkylation sites (tertiary alicyclic amines) is 2. The zero-order valence-electron chi connectivity index (χ0n) is 44.9. The first-order valence-corrected chi connectivity index (χ1v) is 26.9. The number of allylic oxidation sites excluding steroid dienone is 3. The molecule has 0 amide bonds. The lowest BCUT2D eigenvalue weighted by atomic mass is 9.82. The molecule has 0 aromatic heterocycles. The molecule has 1 saturated carbocycles. The summed E-state index contributed by atoms with van der Waals surface area (Å²) in [6.07, 6.45) is 20.3. The zero-order valence-corrected chi connectivity index (χ0v) is 44.9. The molecule has 6 atom stereocenters. The topological polar surface area (TPSA) is 164 Å². The Kier molecular flexibility index (Phi) is 22.0. The normalized spacial score (nSPS) is 22.3. The Hall–Kier alpha value is -5.30. The molecule has 6 rings (SSSR count). The lowest BCUT2D eigenvalue weighted by Gasteiger charge is -2.39. The number of aliphatic imine (C=N–C) groups is 1.